The molecule has 0 aliphatic heterocycles. The van der Waals surface area contributed by atoms with Gasteiger partial charge in [0.15, 0.2) is 0 Å². The average Bonchev–Trinajstić information content (AvgIpc) is 2.31. The Kier molecular flexibility index (Phi) is 7.51. The van der Waals surface area contributed by atoms with Crippen molar-refractivity contribution in [3.05, 3.63) is 0 Å². The second kappa shape index (κ2) is 8.04. The van der Waals surface area contributed by atoms with Gasteiger partial charge in [-0.1, -0.05) is 20.8 Å². The summed E-state index contributed by atoms with van der Waals surface area (Å²) in [4.78, 5) is 13.7. The average molecular weight is 240 g/mol. The first-order chi connectivity index (χ1) is 7.93. The number of hydrogen-bond acceptors (Lipinski definition) is 4. The summed E-state index contributed by atoms with van der Waals surface area (Å²) in [5.74, 6) is 5.30. The smallest absolute Gasteiger partial charge is 0.238 e. The fourth-order valence-electron chi connectivity index (χ4n) is 1.79. The summed E-state index contributed by atoms with van der Waals surface area (Å²) in [6.45, 7) is 9.68. The fourth-order valence-corrected chi connectivity index (χ4v) is 1.79. The van der Waals surface area contributed by atoms with E-state index in [0.717, 1.165) is 6.54 Å². The molecule has 0 fully saturated rings. The highest BCUT2D eigenvalue weighted by atomic mass is 16.2. The molecule has 0 rings (SSSR count). The number of rotatable bonds is 7. The lowest BCUT2D eigenvalue weighted by Gasteiger charge is -2.33. The molecule has 5 heteroatoms. The van der Waals surface area contributed by atoms with Gasteiger partial charge in [0.2, 0.25) is 5.91 Å². The minimum atomic E-state index is -0.183. The van der Waals surface area contributed by atoms with Crippen LogP contribution in [0.3, 0.4) is 0 Å². The lowest BCUT2D eigenvalue weighted by atomic mass is 10.00. The molecular formula is C12H24N4O. The molecule has 0 saturated heterocycles. The van der Waals surface area contributed by atoms with Crippen molar-refractivity contribution < 1.29 is 4.79 Å². The van der Waals surface area contributed by atoms with E-state index < -0.39 is 0 Å². The molecule has 0 saturated carbocycles. The van der Waals surface area contributed by atoms with Crippen molar-refractivity contribution in [1.82, 2.24) is 10.3 Å². The molecule has 0 spiro atoms. The van der Waals surface area contributed by atoms with E-state index in [-0.39, 0.29) is 17.9 Å². The molecule has 2 unspecified atom stereocenters. The number of hydrazine groups is 1. The lowest BCUT2D eigenvalue weighted by Crippen LogP contribution is -2.47. The molecule has 0 aromatic heterocycles. The molecule has 17 heavy (non-hydrogen) atoms. The monoisotopic (exact) mass is 240 g/mol. The second-order valence-electron chi connectivity index (χ2n) is 4.83. The molecule has 0 aliphatic rings. The van der Waals surface area contributed by atoms with Gasteiger partial charge in [0.1, 0.15) is 0 Å². The number of nitriles is 1. The van der Waals surface area contributed by atoms with Gasteiger partial charge in [0.05, 0.1) is 12.0 Å². The molecule has 0 heterocycles. The summed E-state index contributed by atoms with van der Waals surface area (Å²) >= 11 is 0. The van der Waals surface area contributed by atoms with Crippen LogP contribution in [0.1, 0.15) is 34.1 Å². The second-order valence-corrected chi connectivity index (χ2v) is 4.83. The molecule has 3 N–H and O–H groups in total. The van der Waals surface area contributed by atoms with E-state index in [1.54, 1.807) is 0 Å². The van der Waals surface area contributed by atoms with E-state index in [2.05, 4.69) is 30.2 Å². The van der Waals surface area contributed by atoms with Gasteiger partial charge in [0, 0.05) is 25.6 Å². The Balaban J connectivity index is 4.55. The number of carbonyl (C=O) groups excluding carboxylic acids is 1. The van der Waals surface area contributed by atoms with Crippen LogP contribution >= 0.6 is 0 Å². The van der Waals surface area contributed by atoms with Crippen molar-refractivity contribution in [2.24, 2.45) is 17.7 Å². The summed E-state index contributed by atoms with van der Waals surface area (Å²) in [5.41, 5.74) is 2.18. The maximum absolute atomic E-state index is 11.5. The van der Waals surface area contributed by atoms with E-state index in [0.29, 0.717) is 18.9 Å². The van der Waals surface area contributed by atoms with E-state index in [1.165, 1.54) is 0 Å². The van der Waals surface area contributed by atoms with Crippen LogP contribution in [0.15, 0.2) is 0 Å². The number of hydrogen-bond donors (Lipinski definition) is 2. The topological polar surface area (TPSA) is 82.2 Å². The van der Waals surface area contributed by atoms with Gasteiger partial charge in [-0.25, -0.2) is 5.84 Å². The first-order valence-electron chi connectivity index (χ1n) is 6.05. The summed E-state index contributed by atoms with van der Waals surface area (Å²) < 4.78 is 0. The highest BCUT2D eigenvalue weighted by Gasteiger charge is 2.25. The Morgan fingerprint density at radius 1 is 1.41 bits per heavy atom. The molecule has 5 nitrogen and oxygen atoms in total. The zero-order valence-corrected chi connectivity index (χ0v) is 11.2. The van der Waals surface area contributed by atoms with Gasteiger partial charge in [-0.05, 0) is 12.8 Å². The molecule has 1 amide bonds. The molecular weight excluding hydrogens is 216 g/mol. The predicted molar refractivity (Wildman–Crippen MR) is 67.6 cm³/mol. The van der Waals surface area contributed by atoms with Crippen LogP contribution in [-0.4, -0.2) is 29.9 Å². The molecule has 0 bridgehead atoms. The van der Waals surface area contributed by atoms with Crippen LogP contribution in [-0.2, 0) is 4.79 Å². The molecule has 0 radical (unpaired) electrons. The van der Waals surface area contributed by atoms with Crippen molar-refractivity contribution in [3.8, 4) is 6.07 Å². The van der Waals surface area contributed by atoms with Gasteiger partial charge in [-0.2, -0.15) is 5.26 Å². The minimum Gasteiger partial charge on any atom is -0.299 e. The summed E-state index contributed by atoms with van der Waals surface area (Å²) in [5, 5.41) is 8.65. The van der Waals surface area contributed by atoms with Crippen molar-refractivity contribution >= 4 is 5.91 Å². The Morgan fingerprint density at radius 2 is 2.00 bits per heavy atom. The molecule has 0 aromatic rings. The van der Waals surface area contributed by atoms with Gasteiger partial charge in [0.25, 0.3) is 0 Å². The first kappa shape index (κ1) is 15.9. The molecule has 0 aromatic carbocycles. The van der Waals surface area contributed by atoms with Crippen molar-refractivity contribution in [2.75, 3.05) is 13.1 Å². The number of nitrogens with two attached hydrogens (primary N) is 1. The zero-order chi connectivity index (χ0) is 13.4. The van der Waals surface area contributed by atoms with Gasteiger partial charge in [-0.15, -0.1) is 0 Å². The first-order valence-corrected chi connectivity index (χ1v) is 6.05. The Morgan fingerprint density at radius 3 is 2.41 bits per heavy atom. The van der Waals surface area contributed by atoms with E-state index in [9.17, 15) is 4.79 Å². The van der Waals surface area contributed by atoms with Crippen LogP contribution in [0.4, 0.5) is 0 Å². The maximum atomic E-state index is 11.5. The van der Waals surface area contributed by atoms with Crippen LogP contribution in [0, 0.1) is 23.2 Å². The third kappa shape index (κ3) is 5.66. The largest absolute Gasteiger partial charge is 0.299 e. The Bertz CT molecular complexity index is 272. The lowest BCUT2D eigenvalue weighted by molar-refractivity contribution is -0.126. The highest BCUT2D eigenvalue weighted by Crippen LogP contribution is 2.13. The summed E-state index contributed by atoms with van der Waals surface area (Å²) in [6.07, 6.45) is 0.480. The van der Waals surface area contributed by atoms with Crippen LogP contribution in [0.5, 0.6) is 0 Å². The van der Waals surface area contributed by atoms with Crippen LogP contribution in [0.25, 0.3) is 0 Å². The number of nitrogens with zero attached hydrogens (tertiary/aromatic N) is 2. The van der Waals surface area contributed by atoms with Crippen molar-refractivity contribution in [1.29, 1.82) is 5.26 Å². The Labute approximate surface area is 104 Å². The van der Waals surface area contributed by atoms with E-state index in [1.807, 2.05) is 13.8 Å². The maximum Gasteiger partial charge on any atom is 0.238 e. The van der Waals surface area contributed by atoms with Gasteiger partial charge in [-0.3, -0.25) is 15.1 Å². The molecule has 0 aliphatic carbocycles. The SMILES string of the molecule is CC(C)CN(CCC#N)C(C)C(C)C(=O)NN. The zero-order valence-electron chi connectivity index (χ0n) is 11.2. The van der Waals surface area contributed by atoms with Crippen molar-refractivity contribution in [3.63, 3.8) is 0 Å². The standard InChI is InChI=1S/C12H24N4O/c1-9(2)8-16(7-5-6-13)11(4)10(3)12(17)15-14/h9-11H,5,7-8,14H2,1-4H3,(H,15,17). The summed E-state index contributed by atoms with van der Waals surface area (Å²) in [6, 6.07) is 2.22. The van der Waals surface area contributed by atoms with Gasteiger partial charge < -0.3 is 0 Å². The van der Waals surface area contributed by atoms with E-state index in [4.69, 9.17) is 11.1 Å². The quantitative estimate of drug-likeness (QED) is 0.393. The van der Waals surface area contributed by atoms with E-state index >= 15 is 0 Å². The number of carbonyl (C=O) groups is 1. The summed E-state index contributed by atoms with van der Waals surface area (Å²) in [7, 11) is 0. The Hall–Kier alpha value is -1.12. The third-order valence-corrected chi connectivity index (χ3v) is 2.97. The normalized spacial score (nSPS) is 14.5. The minimum absolute atomic E-state index is 0.0781. The molecule has 2 atom stereocenters. The van der Waals surface area contributed by atoms with Crippen LogP contribution < -0.4 is 11.3 Å². The third-order valence-electron chi connectivity index (χ3n) is 2.97. The van der Waals surface area contributed by atoms with Crippen LogP contribution in [0.2, 0.25) is 0 Å². The van der Waals surface area contributed by atoms with Gasteiger partial charge >= 0.3 is 0 Å². The molecule has 98 valence electrons. The van der Waals surface area contributed by atoms with Crippen molar-refractivity contribution in [2.45, 2.75) is 40.2 Å². The number of amides is 1. The number of nitrogens with one attached hydrogen (secondary N) is 1. The fraction of sp³-hybridized carbons (Fsp3) is 0.833. The predicted octanol–water partition coefficient (Wildman–Crippen LogP) is 0.873. The highest BCUT2D eigenvalue weighted by molar-refractivity contribution is 5.78.